The molecule has 1 heterocycles. The molecule has 2 aromatic rings. The van der Waals surface area contributed by atoms with Crippen molar-refractivity contribution >= 4 is 34.8 Å². The lowest BCUT2D eigenvalue weighted by Gasteiger charge is -2.36. The lowest BCUT2D eigenvalue weighted by Crippen LogP contribution is -2.50. The summed E-state index contributed by atoms with van der Waals surface area (Å²) in [5.41, 5.74) is 4.41. The largest absolute Gasteiger partial charge is 0.368 e. The van der Waals surface area contributed by atoms with Crippen LogP contribution >= 0.6 is 11.6 Å². The Bertz CT molecular complexity index is 850. The second-order valence-corrected chi connectivity index (χ2v) is 7.36. The molecule has 1 aliphatic rings. The highest BCUT2D eigenvalue weighted by Crippen LogP contribution is 2.28. The van der Waals surface area contributed by atoms with Crippen molar-refractivity contribution in [2.45, 2.75) is 20.8 Å². The first-order valence-corrected chi connectivity index (χ1v) is 9.41. The van der Waals surface area contributed by atoms with Gasteiger partial charge in [0.1, 0.15) is 0 Å². The van der Waals surface area contributed by atoms with Gasteiger partial charge in [-0.05, 0) is 50.1 Å². The molecule has 1 N–H and O–H groups in total. The van der Waals surface area contributed by atoms with Crippen molar-refractivity contribution in [1.82, 2.24) is 4.90 Å². The topological polar surface area (TPSA) is 52.7 Å². The summed E-state index contributed by atoms with van der Waals surface area (Å²) in [4.78, 5) is 28.2. The van der Waals surface area contributed by atoms with Gasteiger partial charge in [-0.2, -0.15) is 0 Å². The summed E-state index contributed by atoms with van der Waals surface area (Å²) in [7, 11) is 0. The van der Waals surface area contributed by atoms with Gasteiger partial charge < -0.3 is 15.1 Å². The first-order valence-electron chi connectivity index (χ1n) is 9.04. The fraction of sp³-hybridized carbons (Fsp3) is 0.333. The van der Waals surface area contributed by atoms with Gasteiger partial charge in [0.2, 0.25) is 0 Å². The Kier molecular flexibility index (Phi) is 5.71. The van der Waals surface area contributed by atoms with E-state index in [9.17, 15) is 9.59 Å². The molecule has 0 atom stereocenters. The van der Waals surface area contributed by atoms with Crippen molar-refractivity contribution in [3.63, 3.8) is 0 Å². The third kappa shape index (κ3) is 4.42. The maximum atomic E-state index is 12.6. The number of carbonyl (C=O) groups excluding carboxylic acids is 2. The van der Waals surface area contributed by atoms with Gasteiger partial charge in [-0.1, -0.05) is 29.8 Å². The van der Waals surface area contributed by atoms with Gasteiger partial charge in [0.15, 0.2) is 5.78 Å². The number of rotatable bonds is 3. The highest BCUT2D eigenvalue weighted by atomic mass is 35.5. The molecular weight excluding hydrogens is 362 g/mol. The minimum absolute atomic E-state index is 0.0558. The van der Waals surface area contributed by atoms with E-state index in [0.717, 1.165) is 29.9 Å². The van der Waals surface area contributed by atoms with Crippen molar-refractivity contribution in [3.8, 4) is 0 Å². The van der Waals surface area contributed by atoms with Crippen molar-refractivity contribution in [2.75, 3.05) is 36.4 Å². The molecule has 0 radical (unpaired) electrons. The first-order chi connectivity index (χ1) is 12.8. The first kappa shape index (κ1) is 19.2. The molecule has 6 heteroatoms. The molecule has 1 fully saturated rings. The van der Waals surface area contributed by atoms with Crippen LogP contribution in [0.4, 0.5) is 16.2 Å². The second-order valence-electron chi connectivity index (χ2n) is 6.95. The number of anilines is 2. The minimum atomic E-state index is -0.138. The SMILES string of the molecule is CC(=O)c1cccc(N2CCN(C(=O)Nc3c(C)cc(C)cc3Cl)CC2)c1. The number of urea groups is 1. The molecule has 0 aliphatic carbocycles. The predicted molar refractivity (Wildman–Crippen MR) is 110 cm³/mol. The summed E-state index contributed by atoms with van der Waals surface area (Å²) in [5, 5.41) is 3.50. The Morgan fingerprint density at radius 1 is 1.04 bits per heavy atom. The summed E-state index contributed by atoms with van der Waals surface area (Å²) < 4.78 is 0. The van der Waals surface area contributed by atoms with Crippen molar-refractivity contribution in [2.24, 2.45) is 0 Å². The molecule has 0 spiro atoms. The molecule has 0 aromatic heterocycles. The van der Waals surface area contributed by atoms with Gasteiger partial charge in [0.25, 0.3) is 0 Å². The summed E-state index contributed by atoms with van der Waals surface area (Å²) in [6.07, 6.45) is 0. The van der Waals surface area contributed by atoms with Crippen molar-refractivity contribution in [3.05, 3.63) is 58.1 Å². The zero-order valence-electron chi connectivity index (χ0n) is 15.9. The number of halogens is 1. The number of Topliss-reactive ketones (excluding diaryl/α,β-unsaturated/α-hetero) is 1. The highest BCUT2D eigenvalue weighted by Gasteiger charge is 2.22. The number of nitrogens with one attached hydrogen (secondary N) is 1. The maximum Gasteiger partial charge on any atom is 0.322 e. The third-order valence-corrected chi connectivity index (χ3v) is 5.15. The summed E-state index contributed by atoms with van der Waals surface area (Å²) in [6.45, 7) is 8.14. The van der Waals surface area contributed by atoms with Crippen molar-refractivity contribution in [1.29, 1.82) is 0 Å². The maximum absolute atomic E-state index is 12.6. The zero-order chi connectivity index (χ0) is 19.6. The number of aryl methyl sites for hydroxylation is 2. The third-order valence-electron chi connectivity index (χ3n) is 4.85. The molecular formula is C21H24ClN3O2. The normalized spacial score (nSPS) is 14.2. The zero-order valence-corrected chi connectivity index (χ0v) is 16.6. The molecule has 3 rings (SSSR count). The molecule has 1 aliphatic heterocycles. The fourth-order valence-corrected chi connectivity index (χ4v) is 3.72. The van der Waals surface area contributed by atoms with Gasteiger partial charge in [0.05, 0.1) is 10.7 Å². The van der Waals surface area contributed by atoms with E-state index in [0.29, 0.717) is 29.4 Å². The van der Waals surface area contributed by atoms with Gasteiger partial charge in [0, 0.05) is 37.4 Å². The van der Waals surface area contributed by atoms with Crippen LogP contribution in [0.3, 0.4) is 0 Å². The van der Waals surface area contributed by atoms with Crippen molar-refractivity contribution < 1.29 is 9.59 Å². The van der Waals surface area contributed by atoms with E-state index in [2.05, 4.69) is 10.2 Å². The standard InChI is InChI=1S/C21H24ClN3O2/c1-14-11-15(2)20(19(22)12-14)23-21(27)25-9-7-24(8-10-25)18-6-4-5-17(13-18)16(3)26/h4-6,11-13H,7-10H2,1-3H3,(H,23,27). The molecule has 2 aromatic carbocycles. The molecule has 0 unspecified atom stereocenters. The Morgan fingerprint density at radius 3 is 2.37 bits per heavy atom. The lowest BCUT2D eigenvalue weighted by atomic mass is 10.1. The van der Waals surface area contributed by atoms with Crippen LogP contribution in [-0.2, 0) is 0 Å². The molecule has 27 heavy (non-hydrogen) atoms. The molecule has 0 bridgehead atoms. The summed E-state index contributed by atoms with van der Waals surface area (Å²) in [6, 6.07) is 11.3. The number of hydrogen-bond acceptors (Lipinski definition) is 3. The van der Waals surface area contributed by atoms with Crippen LogP contribution in [0.25, 0.3) is 0 Å². The van der Waals surface area contributed by atoms with Crippen LogP contribution < -0.4 is 10.2 Å². The number of benzene rings is 2. The molecule has 1 saturated heterocycles. The van der Waals surface area contributed by atoms with Crippen LogP contribution in [0.1, 0.15) is 28.4 Å². The van der Waals surface area contributed by atoms with E-state index in [4.69, 9.17) is 11.6 Å². The van der Waals surface area contributed by atoms with Crippen LogP contribution in [0.5, 0.6) is 0 Å². The van der Waals surface area contributed by atoms with Crippen LogP contribution in [0.15, 0.2) is 36.4 Å². The van der Waals surface area contributed by atoms with E-state index in [1.807, 2.05) is 50.2 Å². The van der Waals surface area contributed by atoms with E-state index < -0.39 is 0 Å². The van der Waals surface area contributed by atoms with E-state index in [-0.39, 0.29) is 11.8 Å². The van der Waals surface area contributed by atoms with Gasteiger partial charge in [-0.15, -0.1) is 0 Å². The fourth-order valence-electron chi connectivity index (χ4n) is 3.35. The Labute approximate surface area is 164 Å². The Morgan fingerprint density at radius 2 is 1.74 bits per heavy atom. The highest BCUT2D eigenvalue weighted by molar-refractivity contribution is 6.34. The molecule has 2 amide bonds. The number of nitrogens with zero attached hydrogens (tertiary/aromatic N) is 2. The van der Waals surface area contributed by atoms with Gasteiger partial charge in [-0.3, -0.25) is 4.79 Å². The summed E-state index contributed by atoms with van der Waals surface area (Å²) >= 11 is 6.29. The quantitative estimate of drug-likeness (QED) is 0.790. The van der Waals surface area contributed by atoms with E-state index >= 15 is 0 Å². The Balaban J connectivity index is 1.63. The smallest absolute Gasteiger partial charge is 0.322 e. The van der Waals surface area contributed by atoms with E-state index in [1.54, 1.807) is 11.8 Å². The number of amides is 2. The summed E-state index contributed by atoms with van der Waals surface area (Å²) in [5.74, 6) is 0.0558. The van der Waals surface area contributed by atoms with Crippen LogP contribution in [0, 0.1) is 13.8 Å². The number of piperazine rings is 1. The lowest BCUT2D eigenvalue weighted by molar-refractivity contribution is 0.101. The number of carbonyl (C=O) groups is 2. The minimum Gasteiger partial charge on any atom is -0.368 e. The predicted octanol–water partition coefficient (Wildman–Crippen LogP) is 4.51. The number of hydrogen-bond donors (Lipinski definition) is 1. The molecule has 0 saturated carbocycles. The average Bonchev–Trinajstić information content (AvgIpc) is 2.64. The second kappa shape index (κ2) is 8.01. The van der Waals surface area contributed by atoms with Gasteiger partial charge in [-0.25, -0.2) is 4.79 Å². The van der Waals surface area contributed by atoms with Crippen LogP contribution in [-0.4, -0.2) is 42.9 Å². The van der Waals surface area contributed by atoms with Crippen LogP contribution in [0.2, 0.25) is 5.02 Å². The monoisotopic (exact) mass is 385 g/mol. The number of ketones is 1. The van der Waals surface area contributed by atoms with Gasteiger partial charge >= 0.3 is 6.03 Å². The average molecular weight is 386 g/mol. The Hall–Kier alpha value is -2.53. The van der Waals surface area contributed by atoms with E-state index in [1.165, 1.54) is 0 Å². The molecule has 142 valence electrons. The molecule has 5 nitrogen and oxygen atoms in total.